The molecule has 104 valence electrons. The second-order valence-electron chi connectivity index (χ2n) is 4.61. The van der Waals surface area contributed by atoms with Crippen LogP contribution < -0.4 is 11.3 Å². The average molecular weight is 265 g/mol. The second-order valence-corrected chi connectivity index (χ2v) is 4.61. The molecular formula is C12H19N5O2. The molecular weight excluding hydrogens is 246 g/mol. The van der Waals surface area contributed by atoms with Crippen molar-refractivity contribution in [2.75, 3.05) is 19.1 Å². The predicted molar refractivity (Wildman–Crippen MR) is 70.0 cm³/mol. The Hall–Kier alpha value is -1.73. The van der Waals surface area contributed by atoms with E-state index in [9.17, 15) is 4.79 Å². The Morgan fingerprint density at radius 1 is 1.63 bits per heavy atom. The van der Waals surface area contributed by atoms with Crippen molar-refractivity contribution >= 4 is 11.8 Å². The minimum absolute atomic E-state index is 0.191. The number of nitrogens with zero attached hydrogens (tertiary/aromatic N) is 3. The van der Waals surface area contributed by atoms with Crippen molar-refractivity contribution < 1.29 is 9.53 Å². The molecule has 3 N–H and O–H groups in total. The molecule has 1 aliphatic heterocycles. The summed E-state index contributed by atoms with van der Waals surface area (Å²) in [5.74, 6) is 6.41. The van der Waals surface area contributed by atoms with Gasteiger partial charge in [-0.25, -0.2) is 15.8 Å². The highest BCUT2D eigenvalue weighted by Gasteiger charge is 2.31. The molecule has 0 aromatic carbocycles. The topological polar surface area (TPSA) is 93.4 Å². The summed E-state index contributed by atoms with van der Waals surface area (Å²) in [4.78, 5) is 22.4. The number of hydrogen-bond acceptors (Lipinski definition) is 7. The number of rotatable bonds is 4. The van der Waals surface area contributed by atoms with Gasteiger partial charge < -0.3 is 10.2 Å². The highest BCUT2D eigenvalue weighted by Crippen LogP contribution is 2.20. The minimum Gasteiger partial charge on any atom is -0.468 e. The summed E-state index contributed by atoms with van der Waals surface area (Å²) >= 11 is 0. The van der Waals surface area contributed by atoms with Gasteiger partial charge in [0.15, 0.2) is 0 Å². The zero-order valence-electron chi connectivity index (χ0n) is 11.2. The molecule has 1 aliphatic rings. The Labute approximate surface area is 112 Å². The molecule has 1 aromatic heterocycles. The summed E-state index contributed by atoms with van der Waals surface area (Å²) in [6.07, 6.45) is 1.80. The number of methoxy groups -OCH3 is 1. The molecule has 19 heavy (non-hydrogen) atoms. The van der Waals surface area contributed by atoms with Crippen LogP contribution in [0.3, 0.4) is 0 Å². The number of carbonyl (C=O) groups is 1. The van der Waals surface area contributed by atoms with Crippen LogP contribution in [0.1, 0.15) is 24.4 Å². The van der Waals surface area contributed by atoms with Gasteiger partial charge in [0.2, 0.25) is 0 Å². The van der Waals surface area contributed by atoms with Crippen molar-refractivity contribution in [2.24, 2.45) is 5.84 Å². The van der Waals surface area contributed by atoms with Crippen LogP contribution in [0.5, 0.6) is 0 Å². The summed E-state index contributed by atoms with van der Waals surface area (Å²) in [5, 5.41) is 0. The molecule has 0 aliphatic carbocycles. The quantitative estimate of drug-likeness (QED) is 0.456. The van der Waals surface area contributed by atoms with Crippen LogP contribution in [0.15, 0.2) is 6.07 Å². The number of nitrogen functional groups attached to an aromatic ring is 1. The third kappa shape index (κ3) is 3.18. The number of aromatic nitrogens is 2. The molecule has 2 heterocycles. The fraction of sp³-hybridized carbons (Fsp3) is 0.583. The molecule has 2 rings (SSSR count). The smallest absolute Gasteiger partial charge is 0.323 e. The third-order valence-corrected chi connectivity index (χ3v) is 3.23. The van der Waals surface area contributed by atoms with Crippen molar-refractivity contribution in [3.8, 4) is 0 Å². The first-order valence-corrected chi connectivity index (χ1v) is 6.27. The molecule has 1 aromatic rings. The number of nitrogens with two attached hydrogens (primary N) is 1. The van der Waals surface area contributed by atoms with E-state index in [1.165, 1.54) is 7.11 Å². The Bertz CT molecular complexity index is 465. The van der Waals surface area contributed by atoms with Crippen LogP contribution in [0.25, 0.3) is 0 Å². The SMILES string of the molecule is COC(=O)C1CCCN1Cc1nc(C)cc(NN)n1. The number of esters is 1. The normalized spacial score (nSPS) is 19.4. The molecule has 7 nitrogen and oxygen atoms in total. The third-order valence-electron chi connectivity index (χ3n) is 3.23. The summed E-state index contributed by atoms with van der Waals surface area (Å²) in [6.45, 7) is 3.26. The van der Waals surface area contributed by atoms with Gasteiger partial charge in [0, 0.05) is 11.8 Å². The molecule has 0 spiro atoms. The zero-order valence-corrected chi connectivity index (χ0v) is 11.2. The van der Waals surface area contributed by atoms with Gasteiger partial charge in [0.05, 0.1) is 13.7 Å². The largest absolute Gasteiger partial charge is 0.468 e. The fourth-order valence-electron chi connectivity index (χ4n) is 2.37. The number of anilines is 1. The van der Waals surface area contributed by atoms with Gasteiger partial charge >= 0.3 is 5.97 Å². The van der Waals surface area contributed by atoms with E-state index in [-0.39, 0.29) is 12.0 Å². The number of hydrazine groups is 1. The van der Waals surface area contributed by atoms with E-state index in [1.807, 2.05) is 11.8 Å². The van der Waals surface area contributed by atoms with Crippen LogP contribution >= 0.6 is 0 Å². The molecule has 0 bridgehead atoms. The predicted octanol–water partition coefficient (Wildman–Crippen LogP) is 0.208. The summed E-state index contributed by atoms with van der Waals surface area (Å²) < 4.78 is 4.82. The van der Waals surface area contributed by atoms with E-state index in [0.717, 1.165) is 25.1 Å². The van der Waals surface area contributed by atoms with Gasteiger partial charge in [-0.15, -0.1) is 0 Å². The van der Waals surface area contributed by atoms with Crippen LogP contribution in [-0.2, 0) is 16.1 Å². The summed E-state index contributed by atoms with van der Waals surface area (Å²) in [7, 11) is 1.42. The van der Waals surface area contributed by atoms with Gasteiger partial charge in [-0.2, -0.15) is 0 Å². The number of ether oxygens (including phenoxy) is 1. The minimum atomic E-state index is -0.192. The van der Waals surface area contributed by atoms with Crippen molar-refractivity contribution in [1.29, 1.82) is 0 Å². The molecule has 1 fully saturated rings. The van der Waals surface area contributed by atoms with Crippen molar-refractivity contribution in [3.05, 3.63) is 17.6 Å². The van der Waals surface area contributed by atoms with Crippen molar-refractivity contribution in [3.63, 3.8) is 0 Å². The van der Waals surface area contributed by atoms with E-state index in [1.54, 1.807) is 6.07 Å². The van der Waals surface area contributed by atoms with Gasteiger partial charge in [0.1, 0.15) is 17.7 Å². The van der Waals surface area contributed by atoms with Crippen LogP contribution in [-0.4, -0.2) is 40.5 Å². The summed E-state index contributed by atoms with van der Waals surface area (Å²) in [6, 6.07) is 1.58. The van der Waals surface area contributed by atoms with Gasteiger partial charge in [-0.1, -0.05) is 0 Å². The second kappa shape index (κ2) is 5.94. The van der Waals surface area contributed by atoms with E-state index in [2.05, 4.69) is 15.4 Å². The number of nitrogens with one attached hydrogen (secondary N) is 1. The monoisotopic (exact) mass is 265 g/mol. The molecule has 0 saturated carbocycles. The lowest BCUT2D eigenvalue weighted by molar-refractivity contribution is -0.146. The Balaban J connectivity index is 2.11. The fourth-order valence-corrected chi connectivity index (χ4v) is 2.37. The maximum atomic E-state index is 11.7. The van der Waals surface area contributed by atoms with Gasteiger partial charge in [-0.3, -0.25) is 9.69 Å². The first kappa shape index (κ1) is 13.7. The molecule has 1 atom stereocenters. The number of carbonyl (C=O) groups excluding carboxylic acids is 1. The first-order valence-electron chi connectivity index (χ1n) is 6.27. The zero-order chi connectivity index (χ0) is 13.8. The standard InChI is InChI=1S/C12H19N5O2/c1-8-6-10(16-13)15-11(14-8)7-17-5-3-4-9(17)12(18)19-2/h6,9H,3-5,7,13H2,1-2H3,(H,14,15,16). The lowest BCUT2D eigenvalue weighted by Gasteiger charge is -2.21. The number of aryl methyl sites for hydroxylation is 1. The van der Waals surface area contributed by atoms with Gasteiger partial charge in [0.25, 0.3) is 0 Å². The van der Waals surface area contributed by atoms with E-state index >= 15 is 0 Å². The molecule has 1 unspecified atom stereocenters. The lowest BCUT2D eigenvalue weighted by Crippen LogP contribution is -2.36. The Kier molecular flexibility index (Phi) is 4.28. The van der Waals surface area contributed by atoms with Gasteiger partial charge in [-0.05, 0) is 26.3 Å². The highest BCUT2D eigenvalue weighted by atomic mass is 16.5. The maximum Gasteiger partial charge on any atom is 0.323 e. The number of likely N-dealkylation sites (tertiary alicyclic amines) is 1. The molecule has 1 saturated heterocycles. The van der Waals surface area contributed by atoms with Crippen LogP contribution in [0, 0.1) is 6.92 Å². The molecule has 0 radical (unpaired) electrons. The first-order chi connectivity index (χ1) is 9.13. The summed E-state index contributed by atoms with van der Waals surface area (Å²) in [5.41, 5.74) is 3.36. The highest BCUT2D eigenvalue weighted by molar-refractivity contribution is 5.75. The van der Waals surface area contributed by atoms with E-state index < -0.39 is 0 Å². The molecule has 0 amide bonds. The van der Waals surface area contributed by atoms with E-state index in [4.69, 9.17) is 10.6 Å². The Morgan fingerprint density at radius 3 is 3.11 bits per heavy atom. The number of hydrogen-bond donors (Lipinski definition) is 2. The lowest BCUT2D eigenvalue weighted by atomic mass is 10.2. The Morgan fingerprint density at radius 2 is 2.42 bits per heavy atom. The van der Waals surface area contributed by atoms with Crippen LogP contribution in [0.4, 0.5) is 5.82 Å². The van der Waals surface area contributed by atoms with Crippen LogP contribution in [0.2, 0.25) is 0 Å². The van der Waals surface area contributed by atoms with E-state index in [0.29, 0.717) is 18.2 Å². The average Bonchev–Trinajstić information content (AvgIpc) is 2.85. The maximum absolute atomic E-state index is 11.7. The molecule has 7 heteroatoms. The van der Waals surface area contributed by atoms with Crippen molar-refractivity contribution in [1.82, 2.24) is 14.9 Å². The van der Waals surface area contributed by atoms with Crippen molar-refractivity contribution in [2.45, 2.75) is 32.4 Å².